The van der Waals surface area contributed by atoms with Crippen molar-refractivity contribution < 1.29 is 0 Å². The van der Waals surface area contributed by atoms with Crippen LogP contribution in [0.2, 0.25) is 0 Å². The van der Waals surface area contributed by atoms with Gasteiger partial charge in [0.15, 0.2) is 5.96 Å². The van der Waals surface area contributed by atoms with Crippen molar-refractivity contribution in [3.63, 3.8) is 0 Å². The minimum atomic E-state index is 0. The Labute approximate surface area is 186 Å². The van der Waals surface area contributed by atoms with Gasteiger partial charge in [-0.3, -0.25) is 9.89 Å². The molecule has 3 rings (SSSR count). The van der Waals surface area contributed by atoms with E-state index in [9.17, 15) is 0 Å². The van der Waals surface area contributed by atoms with E-state index in [1.807, 2.05) is 25.2 Å². The summed E-state index contributed by atoms with van der Waals surface area (Å²) in [6.45, 7) is 6.47. The van der Waals surface area contributed by atoms with Crippen LogP contribution in [0.1, 0.15) is 44.9 Å². The highest BCUT2D eigenvalue weighted by Gasteiger charge is 2.19. The second-order valence-electron chi connectivity index (χ2n) is 7.32. The Hall–Kier alpha value is -1.35. The number of nitrogens with one attached hydrogen (secondary N) is 3. The molecule has 1 atom stereocenters. The third-order valence-corrected chi connectivity index (χ3v) is 5.46. The zero-order valence-corrected chi connectivity index (χ0v) is 19.5. The number of para-hydroxylation sites is 2. The number of imidazole rings is 1. The molecule has 1 aliphatic heterocycles. The van der Waals surface area contributed by atoms with Crippen molar-refractivity contribution in [3.05, 3.63) is 30.1 Å². The molecule has 1 aromatic carbocycles. The molecule has 7 heteroatoms. The molecule has 1 aliphatic rings. The molecule has 6 nitrogen and oxygen atoms in total. The van der Waals surface area contributed by atoms with Crippen LogP contribution in [-0.4, -0.2) is 60.1 Å². The fourth-order valence-electron chi connectivity index (χ4n) is 3.94. The molecule has 3 N–H and O–H groups in total. The third-order valence-electron chi connectivity index (χ3n) is 5.46. The number of guanidine groups is 1. The molecule has 2 heterocycles. The summed E-state index contributed by atoms with van der Waals surface area (Å²) >= 11 is 0. The molecule has 1 saturated heterocycles. The van der Waals surface area contributed by atoms with Crippen molar-refractivity contribution in [1.82, 2.24) is 25.5 Å². The quantitative estimate of drug-likeness (QED) is 0.226. The van der Waals surface area contributed by atoms with E-state index in [-0.39, 0.29) is 24.0 Å². The lowest BCUT2D eigenvalue weighted by atomic mass is 10.0. The Morgan fingerprint density at radius 3 is 2.86 bits per heavy atom. The largest absolute Gasteiger partial charge is 0.356 e. The summed E-state index contributed by atoms with van der Waals surface area (Å²) in [5.74, 6) is 1.95. The Morgan fingerprint density at radius 1 is 1.25 bits per heavy atom. The van der Waals surface area contributed by atoms with Crippen molar-refractivity contribution in [3.8, 4) is 0 Å². The molecule has 0 amide bonds. The van der Waals surface area contributed by atoms with E-state index in [0.717, 1.165) is 61.3 Å². The molecule has 0 aliphatic carbocycles. The highest BCUT2D eigenvalue weighted by Crippen LogP contribution is 2.18. The van der Waals surface area contributed by atoms with Crippen molar-refractivity contribution in [2.75, 3.05) is 33.2 Å². The van der Waals surface area contributed by atoms with E-state index in [1.165, 1.54) is 32.2 Å². The van der Waals surface area contributed by atoms with Gasteiger partial charge in [-0.1, -0.05) is 25.5 Å². The molecule has 1 unspecified atom stereocenters. The van der Waals surface area contributed by atoms with Crippen LogP contribution in [0.15, 0.2) is 29.3 Å². The van der Waals surface area contributed by atoms with Crippen LogP contribution in [0.4, 0.5) is 0 Å². The van der Waals surface area contributed by atoms with E-state index in [0.29, 0.717) is 0 Å². The lowest BCUT2D eigenvalue weighted by Gasteiger charge is -2.35. The number of benzene rings is 1. The Bertz CT molecular complexity index is 696. The molecule has 1 fully saturated rings. The lowest BCUT2D eigenvalue weighted by Crippen LogP contribution is -2.46. The van der Waals surface area contributed by atoms with Gasteiger partial charge in [0.25, 0.3) is 0 Å². The molecule has 0 bridgehead atoms. The first-order valence-electron chi connectivity index (χ1n) is 10.4. The molecule has 2 aromatic rings. The van der Waals surface area contributed by atoms with Crippen LogP contribution < -0.4 is 10.6 Å². The van der Waals surface area contributed by atoms with Crippen LogP contribution in [-0.2, 0) is 6.42 Å². The van der Waals surface area contributed by atoms with E-state index in [2.05, 4.69) is 43.5 Å². The van der Waals surface area contributed by atoms with Gasteiger partial charge in [-0.2, -0.15) is 0 Å². The van der Waals surface area contributed by atoms with E-state index >= 15 is 0 Å². The average molecular weight is 498 g/mol. The van der Waals surface area contributed by atoms with Gasteiger partial charge in [-0.25, -0.2) is 4.98 Å². The summed E-state index contributed by atoms with van der Waals surface area (Å²) in [6.07, 6.45) is 7.29. The predicted molar refractivity (Wildman–Crippen MR) is 129 cm³/mol. The smallest absolute Gasteiger partial charge is 0.191 e. The molecular weight excluding hydrogens is 463 g/mol. The first-order valence-corrected chi connectivity index (χ1v) is 10.4. The van der Waals surface area contributed by atoms with Crippen molar-refractivity contribution in [2.24, 2.45) is 4.99 Å². The third kappa shape index (κ3) is 6.62. The summed E-state index contributed by atoms with van der Waals surface area (Å²) in [7, 11) is 1.84. The van der Waals surface area contributed by atoms with E-state index in [4.69, 9.17) is 0 Å². The second kappa shape index (κ2) is 12.3. The van der Waals surface area contributed by atoms with Crippen LogP contribution in [0.25, 0.3) is 11.0 Å². The van der Waals surface area contributed by atoms with Crippen LogP contribution in [0, 0.1) is 0 Å². The normalized spacial score (nSPS) is 18.1. The maximum Gasteiger partial charge on any atom is 0.191 e. The van der Waals surface area contributed by atoms with E-state index < -0.39 is 0 Å². The van der Waals surface area contributed by atoms with E-state index in [1.54, 1.807) is 0 Å². The fourth-order valence-corrected chi connectivity index (χ4v) is 3.94. The van der Waals surface area contributed by atoms with Gasteiger partial charge >= 0.3 is 0 Å². The Balaban J connectivity index is 0.00000280. The predicted octanol–water partition coefficient (Wildman–Crippen LogP) is 3.54. The summed E-state index contributed by atoms with van der Waals surface area (Å²) in [5.41, 5.74) is 2.15. The first kappa shape index (κ1) is 22.9. The van der Waals surface area contributed by atoms with Crippen molar-refractivity contribution in [1.29, 1.82) is 0 Å². The number of piperidine rings is 1. The number of nitrogens with zero attached hydrogens (tertiary/aromatic N) is 3. The van der Waals surface area contributed by atoms with Crippen LogP contribution in [0.3, 0.4) is 0 Å². The summed E-state index contributed by atoms with van der Waals surface area (Å²) < 4.78 is 0. The number of likely N-dealkylation sites (tertiary alicyclic amines) is 1. The standard InChI is InChI=1S/C21H34N6.HI/c1-3-17-9-6-7-15-27(17)16-14-24-21(22-2)23-13-8-12-20-25-18-10-4-5-11-19(18)26-20;/h4-5,10-11,17H,3,6-9,12-16H2,1-2H3,(H,25,26)(H2,22,23,24);1H. The van der Waals surface area contributed by atoms with Crippen LogP contribution in [0.5, 0.6) is 0 Å². The molecular formula is C21H35IN6. The first-order chi connectivity index (χ1) is 13.3. The summed E-state index contributed by atoms with van der Waals surface area (Å²) in [6, 6.07) is 8.94. The van der Waals surface area contributed by atoms with Gasteiger partial charge in [0, 0.05) is 39.1 Å². The highest BCUT2D eigenvalue weighted by molar-refractivity contribution is 14.0. The van der Waals surface area contributed by atoms with Gasteiger partial charge in [-0.15, -0.1) is 24.0 Å². The van der Waals surface area contributed by atoms with Crippen LogP contribution >= 0.6 is 24.0 Å². The van der Waals surface area contributed by atoms with Gasteiger partial charge in [-0.05, 0) is 44.4 Å². The topological polar surface area (TPSA) is 68.3 Å². The maximum atomic E-state index is 4.63. The number of aryl methyl sites for hydroxylation is 1. The monoisotopic (exact) mass is 498 g/mol. The Morgan fingerprint density at radius 2 is 2.07 bits per heavy atom. The number of hydrogen-bond acceptors (Lipinski definition) is 3. The number of halogens is 1. The molecule has 0 saturated carbocycles. The highest BCUT2D eigenvalue weighted by atomic mass is 127. The van der Waals surface area contributed by atoms with Gasteiger partial charge < -0.3 is 15.6 Å². The Kier molecular flexibility index (Phi) is 10.0. The van der Waals surface area contributed by atoms with Gasteiger partial charge in [0.2, 0.25) is 0 Å². The minimum Gasteiger partial charge on any atom is -0.356 e. The zero-order chi connectivity index (χ0) is 18.9. The summed E-state index contributed by atoms with van der Waals surface area (Å²) in [5, 5.41) is 6.87. The lowest BCUT2D eigenvalue weighted by molar-refractivity contribution is 0.147. The van der Waals surface area contributed by atoms with Gasteiger partial charge in [0.1, 0.15) is 5.82 Å². The molecule has 28 heavy (non-hydrogen) atoms. The maximum absolute atomic E-state index is 4.63. The molecule has 1 aromatic heterocycles. The fraction of sp³-hybridized carbons (Fsp3) is 0.619. The number of rotatable bonds is 8. The number of aromatic amines is 1. The number of hydrogen-bond donors (Lipinski definition) is 3. The SMILES string of the molecule is CCC1CCCCN1CCNC(=NC)NCCCc1nc2ccccc2[nH]1.I. The number of H-pyrrole nitrogens is 1. The van der Waals surface area contributed by atoms with Crippen molar-refractivity contribution in [2.45, 2.75) is 51.5 Å². The number of aliphatic imine (C=N–C) groups is 1. The minimum absolute atomic E-state index is 0. The molecule has 0 spiro atoms. The number of fused-ring (bicyclic) bond motifs is 1. The number of aromatic nitrogens is 2. The van der Waals surface area contributed by atoms with Gasteiger partial charge in [0.05, 0.1) is 11.0 Å². The molecule has 156 valence electrons. The second-order valence-corrected chi connectivity index (χ2v) is 7.32. The molecule has 0 radical (unpaired) electrons. The van der Waals surface area contributed by atoms with Crippen molar-refractivity contribution >= 4 is 41.0 Å². The summed E-state index contributed by atoms with van der Waals surface area (Å²) in [4.78, 5) is 15.0. The average Bonchev–Trinajstić information content (AvgIpc) is 3.13. The zero-order valence-electron chi connectivity index (χ0n) is 17.2.